The van der Waals surface area contributed by atoms with Crippen molar-refractivity contribution in [3.8, 4) is 0 Å². The average molecular weight is 280 g/mol. The molecule has 20 heavy (non-hydrogen) atoms. The third-order valence-corrected chi connectivity index (χ3v) is 3.83. The van der Waals surface area contributed by atoms with Gasteiger partial charge in [-0.2, -0.15) is 0 Å². The number of nitro groups is 1. The van der Waals surface area contributed by atoms with Gasteiger partial charge in [0.05, 0.1) is 17.6 Å². The summed E-state index contributed by atoms with van der Waals surface area (Å²) in [6, 6.07) is 6.17. The largest absolute Gasteiger partial charge is 0.395 e. The zero-order valence-electron chi connectivity index (χ0n) is 11.3. The fraction of sp³-hybridized carbons (Fsp3) is 0.571. The van der Waals surface area contributed by atoms with Crippen molar-refractivity contribution in [1.29, 1.82) is 0 Å². The number of aliphatic hydroxyl groups excluding tert-OH is 2. The van der Waals surface area contributed by atoms with E-state index < -0.39 is 11.0 Å². The number of β-amino-alcohol motifs (C(OH)–C–C–N with tert-alkyl or cyclic N) is 1. The van der Waals surface area contributed by atoms with Crippen LogP contribution in [0, 0.1) is 10.1 Å². The van der Waals surface area contributed by atoms with E-state index >= 15 is 0 Å². The van der Waals surface area contributed by atoms with Crippen molar-refractivity contribution in [2.45, 2.75) is 31.4 Å². The summed E-state index contributed by atoms with van der Waals surface area (Å²) in [4.78, 5) is 12.3. The van der Waals surface area contributed by atoms with Gasteiger partial charge in [-0.3, -0.25) is 15.0 Å². The molecule has 1 saturated heterocycles. The van der Waals surface area contributed by atoms with Crippen LogP contribution in [0.2, 0.25) is 0 Å². The molecule has 0 aromatic heterocycles. The maximum absolute atomic E-state index is 10.7. The minimum Gasteiger partial charge on any atom is -0.395 e. The van der Waals surface area contributed by atoms with Crippen LogP contribution in [-0.2, 0) is 0 Å². The van der Waals surface area contributed by atoms with Gasteiger partial charge in [-0.15, -0.1) is 0 Å². The number of rotatable bonds is 5. The molecule has 1 unspecified atom stereocenters. The van der Waals surface area contributed by atoms with Crippen molar-refractivity contribution >= 4 is 5.69 Å². The van der Waals surface area contributed by atoms with Gasteiger partial charge < -0.3 is 10.2 Å². The molecular weight excluding hydrogens is 260 g/mol. The summed E-state index contributed by atoms with van der Waals surface area (Å²) >= 11 is 0. The van der Waals surface area contributed by atoms with E-state index in [0.29, 0.717) is 12.1 Å². The molecule has 0 amide bonds. The van der Waals surface area contributed by atoms with Crippen LogP contribution in [-0.4, -0.2) is 45.8 Å². The SMILES string of the molecule is O=[N+]([O-])c1cccc(C(O)CN2CCCC[C@@H]2CO)c1. The van der Waals surface area contributed by atoms with Gasteiger partial charge in [-0.05, 0) is 24.9 Å². The Hall–Kier alpha value is -1.50. The van der Waals surface area contributed by atoms with Crippen molar-refractivity contribution in [1.82, 2.24) is 4.90 Å². The summed E-state index contributed by atoms with van der Waals surface area (Å²) in [5.74, 6) is 0. The van der Waals surface area contributed by atoms with Crippen LogP contribution in [0.1, 0.15) is 30.9 Å². The molecule has 0 radical (unpaired) electrons. The number of hydrogen-bond acceptors (Lipinski definition) is 5. The Morgan fingerprint density at radius 3 is 2.95 bits per heavy atom. The van der Waals surface area contributed by atoms with E-state index in [1.165, 1.54) is 12.1 Å². The van der Waals surface area contributed by atoms with E-state index in [4.69, 9.17) is 0 Å². The Bertz CT molecular complexity index is 466. The van der Waals surface area contributed by atoms with Gasteiger partial charge in [-0.1, -0.05) is 18.6 Å². The first-order chi connectivity index (χ1) is 9.61. The van der Waals surface area contributed by atoms with Gasteiger partial charge in [0.15, 0.2) is 0 Å². The van der Waals surface area contributed by atoms with Crippen LogP contribution in [0.4, 0.5) is 5.69 Å². The maximum Gasteiger partial charge on any atom is 0.269 e. The molecule has 0 bridgehead atoms. The number of nitrogens with zero attached hydrogens (tertiary/aromatic N) is 2. The first-order valence-corrected chi connectivity index (χ1v) is 6.89. The third-order valence-electron chi connectivity index (χ3n) is 3.83. The summed E-state index contributed by atoms with van der Waals surface area (Å²) in [5, 5.41) is 30.3. The second kappa shape index (κ2) is 6.78. The van der Waals surface area contributed by atoms with Crippen molar-refractivity contribution in [2.24, 2.45) is 0 Å². The first kappa shape index (κ1) is 14.9. The third kappa shape index (κ3) is 3.53. The van der Waals surface area contributed by atoms with Crippen LogP contribution >= 0.6 is 0 Å². The lowest BCUT2D eigenvalue weighted by Crippen LogP contribution is -2.43. The average Bonchev–Trinajstić information content (AvgIpc) is 2.48. The zero-order valence-corrected chi connectivity index (χ0v) is 11.3. The zero-order chi connectivity index (χ0) is 14.5. The van der Waals surface area contributed by atoms with Gasteiger partial charge in [0.1, 0.15) is 0 Å². The molecule has 1 aromatic rings. The Kier molecular flexibility index (Phi) is 5.05. The van der Waals surface area contributed by atoms with Gasteiger partial charge in [0, 0.05) is 24.7 Å². The second-order valence-corrected chi connectivity index (χ2v) is 5.20. The minimum atomic E-state index is -0.776. The molecule has 0 spiro atoms. The molecule has 6 heteroatoms. The normalized spacial score (nSPS) is 21.6. The molecule has 1 aliphatic rings. The summed E-state index contributed by atoms with van der Waals surface area (Å²) in [6.45, 7) is 1.32. The molecule has 110 valence electrons. The number of piperidine rings is 1. The highest BCUT2D eigenvalue weighted by Gasteiger charge is 2.24. The molecule has 1 heterocycles. The fourth-order valence-electron chi connectivity index (χ4n) is 2.68. The number of likely N-dealkylation sites (tertiary alicyclic amines) is 1. The number of benzene rings is 1. The minimum absolute atomic E-state index is 0.0149. The van der Waals surface area contributed by atoms with Gasteiger partial charge in [0.2, 0.25) is 0 Å². The topological polar surface area (TPSA) is 86.8 Å². The molecule has 0 aliphatic carbocycles. The molecular formula is C14H20N2O4. The summed E-state index contributed by atoms with van der Waals surface area (Å²) in [6.07, 6.45) is 2.30. The van der Waals surface area contributed by atoms with Crippen LogP contribution in [0.5, 0.6) is 0 Å². The van der Waals surface area contributed by atoms with Gasteiger partial charge in [0.25, 0.3) is 5.69 Å². The lowest BCUT2D eigenvalue weighted by Gasteiger charge is -2.35. The van der Waals surface area contributed by atoms with Crippen molar-refractivity contribution in [2.75, 3.05) is 19.7 Å². The Labute approximate surface area is 117 Å². The van der Waals surface area contributed by atoms with E-state index in [1.807, 2.05) is 0 Å². The molecule has 1 aromatic carbocycles. The summed E-state index contributed by atoms with van der Waals surface area (Å²) in [7, 11) is 0. The summed E-state index contributed by atoms with van der Waals surface area (Å²) in [5.41, 5.74) is 0.528. The van der Waals surface area contributed by atoms with Crippen LogP contribution in [0.3, 0.4) is 0 Å². The molecule has 0 saturated carbocycles. The number of aliphatic hydroxyl groups is 2. The van der Waals surface area contributed by atoms with Crippen molar-refractivity contribution in [3.63, 3.8) is 0 Å². The Morgan fingerprint density at radius 1 is 1.45 bits per heavy atom. The van der Waals surface area contributed by atoms with E-state index in [-0.39, 0.29) is 18.3 Å². The van der Waals surface area contributed by atoms with Gasteiger partial charge >= 0.3 is 0 Å². The molecule has 2 N–H and O–H groups in total. The molecule has 1 aliphatic heterocycles. The van der Waals surface area contributed by atoms with Gasteiger partial charge in [-0.25, -0.2) is 0 Å². The van der Waals surface area contributed by atoms with Crippen LogP contribution in [0.25, 0.3) is 0 Å². The maximum atomic E-state index is 10.7. The molecule has 1 fully saturated rings. The quantitative estimate of drug-likeness (QED) is 0.630. The van der Waals surface area contributed by atoms with Crippen LogP contribution < -0.4 is 0 Å². The Balaban J connectivity index is 2.05. The van der Waals surface area contributed by atoms with Crippen molar-refractivity contribution in [3.05, 3.63) is 39.9 Å². The first-order valence-electron chi connectivity index (χ1n) is 6.89. The highest BCUT2D eigenvalue weighted by atomic mass is 16.6. The highest BCUT2D eigenvalue weighted by molar-refractivity contribution is 5.35. The van der Waals surface area contributed by atoms with E-state index in [2.05, 4.69) is 4.90 Å². The van der Waals surface area contributed by atoms with Crippen LogP contribution in [0.15, 0.2) is 24.3 Å². The molecule has 2 rings (SSSR count). The standard InChI is InChI=1S/C14H20N2O4/c17-10-13-5-1-2-7-15(13)9-14(18)11-4-3-6-12(8-11)16(19)20/h3-4,6,8,13-14,17-18H,1-2,5,7,9-10H2/t13-,14?/m1/s1. The monoisotopic (exact) mass is 280 g/mol. The van der Waals surface area contributed by atoms with E-state index in [1.54, 1.807) is 12.1 Å². The summed E-state index contributed by atoms with van der Waals surface area (Å²) < 4.78 is 0. The predicted molar refractivity (Wildman–Crippen MR) is 74.4 cm³/mol. The number of nitro benzene ring substituents is 1. The second-order valence-electron chi connectivity index (χ2n) is 5.20. The Morgan fingerprint density at radius 2 is 2.25 bits per heavy atom. The molecule has 2 atom stereocenters. The number of hydrogen-bond donors (Lipinski definition) is 2. The fourth-order valence-corrected chi connectivity index (χ4v) is 2.68. The predicted octanol–water partition coefficient (Wildman–Crippen LogP) is 1.47. The lowest BCUT2D eigenvalue weighted by molar-refractivity contribution is -0.385. The van der Waals surface area contributed by atoms with E-state index in [9.17, 15) is 20.3 Å². The smallest absolute Gasteiger partial charge is 0.269 e. The highest BCUT2D eigenvalue weighted by Crippen LogP contribution is 2.23. The van der Waals surface area contributed by atoms with E-state index in [0.717, 1.165) is 25.8 Å². The number of non-ortho nitro benzene ring substituents is 1. The molecule has 6 nitrogen and oxygen atoms in total. The van der Waals surface area contributed by atoms with Crippen molar-refractivity contribution < 1.29 is 15.1 Å². The lowest BCUT2D eigenvalue weighted by atomic mass is 10.0.